The fourth-order valence-corrected chi connectivity index (χ4v) is 6.63. The lowest BCUT2D eigenvalue weighted by Crippen LogP contribution is -2.37. The highest BCUT2D eigenvalue weighted by Gasteiger charge is 2.46. The van der Waals surface area contributed by atoms with Crippen LogP contribution in [0.1, 0.15) is 56.6 Å². The Balaban J connectivity index is 1.77. The standard InChI is InChI=1S/C28H28Br2/c1-16(2)24-15-25-17(3)14-26(24)28-23(19-6-10-21(30)11-7-19)13-12-22(27(25)28)18-4-8-20(29)9-5-18/h4-13,16-17,24-26H,14-15H2,1-3H3. The van der Waals surface area contributed by atoms with Gasteiger partial charge in [-0.15, -0.1) is 0 Å². The molecule has 154 valence electrons. The molecule has 0 saturated heterocycles. The minimum absolute atomic E-state index is 0.659. The molecule has 1 saturated carbocycles. The molecule has 4 unspecified atom stereocenters. The van der Waals surface area contributed by atoms with Gasteiger partial charge in [-0.25, -0.2) is 0 Å². The molecule has 3 aliphatic carbocycles. The van der Waals surface area contributed by atoms with Crippen LogP contribution in [0.2, 0.25) is 0 Å². The van der Waals surface area contributed by atoms with Crippen molar-refractivity contribution in [2.45, 2.75) is 45.4 Å². The number of benzene rings is 3. The van der Waals surface area contributed by atoms with Crippen LogP contribution in [0.25, 0.3) is 22.3 Å². The Kier molecular flexibility index (Phi) is 5.44. The van der Waals surface area contributed by atoms with Crippen LogP contribution < -0.4 is 0 Å². The van der Waals surface area contributed by atoms with Crippen molar-refractivity contribution < 1.29 is 0 Å². The lowest BCUT2D eigenvalue weighted by atomic mass is 9.54. The van der Waals surface area contributed by atoms with Gasteiger partial charge in [0.25, 0.3) is 0 Å². The van der Waals surface area contributed by atoms with Crippen LogP contribution in [0.15, 0.2) is 69.6 Å². The number of fused-ring (bicyclic) bond motifs is 2. The van der Waals surface area contributed by atoms with Crippen molar-refractivity contribution in [1.82, 2.24) is 0 Å². The summed E-state index contributed by atoms with van der Waals surface area (Å²) in [4.78, 5) is 0. The van der Waals surface area contributed by atoms with Crippen molar-refractivity contribution in [2.75, 3.05) is 0 Å². The highest BCUT2D eigenvalue weighted by Crippen LogP contribution is 2.60. The second-order valence-electron chi connectivity index (χ2n) is 9.57. The van der Waals surface area contributed by atoms with E-state index in [9.17, 15) is 0 Å². The van der Waals surface area contributed by atoms with E-state index in [4.69, 9.17) is 0 Å². The molecule has 0 aromatic heterocycles. The fourth-order valence-electron chi connectivity index (χ4n) is 6.10. The van der Waals surface area contributed by atoms with Crippen LogP contribution in [0.5, 0.6) is 0 Å². The second kappa shape index (κ2) is 7.95. The molecule has 3 aromatic rings. The summed E-state index contributed by atoms with van der Waals surface area (Å²) in [5, 5.41) is 0. The summed E-state index contributed by atoms with van der Waals surface area (Å²) in [7, 11) is 0. The molecular formula is C28H28Br2. The number of halogens is 2. The first-order valence-electron chi connectivity index (χ1n) is 11.1. The predicted molar refractivity (Wildman–Crippen MR) is 135 cm³/mol. The van der Waals surface area contributed by atoms with Crippen LogP contribution in [-0.4, -0.2) is 0 Å². The van der Waals surface area contributed by atoms with Crippen molar-refractivity contribution in [3.8, 4) is 22.3 Å². The predicted octanol–water partition coefficient (Wildman–Crippen LogP) is 9.43. The highest BCUT2D eigenvalue weighted by molar-refractivity contribution is 9.10. The van der Waals surface area contributed by atoms with Gasteiger partial charge in [0.15, 0.2) is 0 Å². The molecule has 0 heterocycles. The van der Waals surface area contributed by atoms with Crippen molar-refractivity contribution in [1.29, 1.82) is 0 Å². The second-order valence-corrected chi connectivity index (χ2v) is 11.4. The van der Waals surface area contributed by atoms with E-state index in [1.165, 1.54) is 35.1 Å². The molecule has 30 heavy (non-hydrogen) atoms. The molecule has 6 rings (SSSR count). The van der Waals surface area contributed by atoms with Gasteiger partial charge in [-0.3, -0.25) is 0 Å². The largest absolute Gasteiger partial charge is 0.0625 e. The Labute approximate surface area is 197 Å². The minimum atomic E-state index is 0.659. The molecule has 0 N–H and O–H groups in total. The third kappa shape index (κ3) is 3.41. The number of hydrogen-bond donors (Lipinski definition) is 0. The normalized spacial score (nSPS) is 24.9. The molecule has 0 nitrogen and oxygen atoms in total. The van der Waals surface area contributed by atoms with Crippen molar-refractivity contribution in [3.63, 3.8) is 0 Å². The van der Waals surface area contributed by atoms with Crippen LogP contribution in [-0.2, 0) is 0 Å². The summed E-state index contributed by atoms with van der Waals surface area (Å²) in [6.07, 6.45) is 2.66. The Morgan fingerprint density at radius 3 is 1.60 bits per heavy atom. The van der Waals surface area contributed by atoms with Crippen LogP contribution in [0.3, 0.4) is 0 Å². The average molecular weight is 524 g/mol. The molecule has 0 aliphatic heterocycles. The summed E-state index contributed by atoms with van der Waals surface area (Å²) < 4.78 is 2.28. The zero-order valence-electron chi connectivity index (χ0n) is 17.8. The third-order valence-corrected chi connectivity index (χ3v) is 8.61. The number of hydrogen-bond acceptors (Lipinski definition) is 0. The first-order chi connectivity index (χ1) is 14.4. The monoisotopic (exact) mass is 522 g/mol. The molecule has 4 atom stereocenters. The van der Waals surface area contributed by atoms with E-state index in [-0.39, 0.29) is 0 Å². The topological polar surface area (TPSA) is 0 Å². The molecule has 3 aromatic carbocycles. The van der Waals surface area contributed by atoms with E-state index in [1.54, 1.807) is 11.1 Å². The van der Waals surface area contributed by atoms with Gasteiger partial charge in [-0.1, -0.05) is 89.0 Å². The van der Waals surface area contributed by atoms with Crippen LogP contribution in [0, 0.1) is 17.8 Å². The molecule has 0 amide bonds. The van der Waals surface area contributed by atoms with E-state index in [0.29, 0.717) is 11.8 Å². The Bertz CT molecular complexity index is 1060. The quantitative estimate of drug-likeness (QED) is 0.320. The van der Waals surface area contributed by atoms with Crippen LogP contribution >= 0.6 is 31.9 Å². The van der Waals surface area contributed by atoms with Gasteiger partial charge in [0.05, 0.1) is 0 Å². The minimum Gasteiger partial charge on any atom is -0.0625 e. The maximum atomic E-state index is 3.61. The van der Waals surface area contributed by atoms with E-state index >= 15 is 0 Å². The lowest BCUT2D eigenvalue weighted by Gasteiger charge is -2.51. The maximum Gasteiger partial charge on any atom is 0.0175 e. The van der Waals surface area contributed by atoms with Crippen molar-refractivity contribution in [3.05, 3.63) is 80.7 Å². The fraction of sp³-hybridized carbons (Fsp3) is 0.357. The highest BCUT2D eigenvalue weighted by atomic mass is 79.9. The Morgan fingerprint density at radius 1 is 0.667 bits per heavy atom. The zero-order chi connectivity index (χ0) is 21.0. The van der Waals surface area contributed by atoms with Gasteiger partial charge < -0.3 is 0 Å². The molecule has 2 bridgehead atoms. The Morgan fingerprint density at radius 2 is 1.13 bits per heavy atom. The van der Waals surface area contributed by atoms with Crippen molar-refractivity contribution in [2.24, 2.45) is 17.8 Å². The summed E-state index contributed by atoms with van der Waals surface area (Å²) in [5.41, 5.74) is 8.87. The van der Waals surface area contributed by atoms with E-state index < -0.39 is 0 Å². The summed E-state index contributed by atoms with van der Waals surface area (Å²) >= 11 is 7.21. The van der Waals surface area contributed by atoms with E-state index in [1.807, 2.05) is 0 Å². The van der Waals surface area contributed by atoms with Crippen LogP contribution in [0.4, 0.5) is 0 Å². The first-order valence-corrected chi connectivity index (χ1v) is 12.7. The molecular weight excluding hydrogens is 496 g/mol. The molecule has 1 fully saturated rings. The smallest absolute Gasteiger partial charge is 0.0175 e. The molecule has 0 spiro atoms. The number of rotatable bonds is 3. The molecule has 3 aliphatic rings. The average Bonchev–Trinajstić information content (AvgIpc) is 2.74. The SMILES string of the molecule is CC(C)C1CC2c3c(-c4ccc(Br)cc4)ccc(-c4ccc(Br)cc4)c3C1CC2C. The molecule has 2 heteroatoms. The van der Waals surface area contributed by atoms with Gasteiger partial charge in [-0.2, -0.15) is 0 Å². The first kappa shape index (κ1) is 20.5. The maximum absolute atomic E-state index is 3.61. The lowest BCUT2D eigenvalue weighted by molar-refractivity contribution is 0.149. The summed E-state index contributed by atoms with van der Waals surface area (Å²) in [6.45, 7) is 7.33. The Hall–Kier alpha value is -1.38. The zero-order valence-corrected chi connectivity index (χ0v) is 21.0. The van der Waals surface area contributed by atoms with Gasteiger partial charge in [0.2, 0.25) is 0 Å². The van der Waals surface area contributed by atoms with E-state index in [0.717, 1.165) is 26.7 Å². The van der Waals surface area contributed by atoms with Gasteiger partial charge in [0, 0.05) is 8.95 Å². The van der Waals surface area contributed by atoms with Crippen molar-refractivity contribution >= 4 is 31.9 Å². The third-order valence-electron chi connectivity index (χ3n) is 7.55. The summed E-state index contributed by atoms with van der Waals surface area (Å²) in [5.74, 6) is 3.59. The van der Waals surface area contributed by atoms with Gasteiger partial charge in [-0.05, 0) is 100 Å². The summed E-state index contributed by atoms with van der Waals surface area (Å²) in [6, 6.07) is 22.6. The van der Waals surface area contributed by atoms with Gasteiger partial charge in [0.1, 0.15) is 0 Å². The molecule has 0 radical (unpaired) electrons. The van der Waals surface area contributed by atoms with E-state index in [2.05, 4.69) is 113 Å². The van der Waals surface area contributed by atoms with Gasteiger partial charge >= 0.3 is 0 Å².